The third-order valence-corrected chi connectivity index (χ3v) is 4.57. The molecule has 0 aliphatic heterocycles. The Labute approximate surface area is 124 Å². The van der Waals surface area contributed by atoms with Crippen molar-refractivity contribution in [2.45, 2.75) is 44.1 Å². The van der Waals surface area contributed by atoms with Crippen molar-refractivity contribution in [1.29, 1.82) is 0 Å². The van der Waals surface area contributed by atoms with Gasteiger partial charge in [0.05, 0.1) is 0 Å². The molecule has 6 nitrogen and oxygen atoms in total. The Morgan fingerprint density at radius 2 is 2.20 bits per heavy atom. The van der Waals surface area contributed by atoms with Crippen molar-refractivity contribution in [3.8, 4) is 0 Å². The molecule has 1 aliphatic rings. The Balaban J connectivity index is 1.99. The maximum absolute atomic E-state index is 5.44. The van der Waals surface area contributed by atoms with Crippen LogP contribution in [0.3, 0.4) is 0 Å². The van der Waals surface area contributed by atoms with Crippen LogP contribution in [0.1, 0.15) is 32.0 Å². The van der Waals surface area contributed by atoms with Gasteiger partial charge in [-0.15, -0.1) is 0 Å². The second-order valence-electron chi connectivity index (χ2n) is 4.86. The van der Waals surface area contributed by atoms with Gasteiger partial charge in [0.1, 0.15) is 18.2 Å². The highest BCUT2D eigenvalue weighted by atomic mass is 32.2. The van der Waals surface area contributed by atoms with Crippen molar-refractivity contribution in [3.63, 3.8) is 0 Å². The second-order valence-corrected chi connectivity index (χ2v) is 6.44. The molecule has 112 valence electrons. The summed E-state index contributed by atoms with van der Waals surface area (Å²) in [6.45, 7) is 2.59. The molecule has 0 bridgehead atoms. The molecule has 4 N–H and O–H groups in total. The maximum Gasteiger partial charge on any atom is 0.158 e. The zero-order chi connectivity index (χ0) is 14.4. The molecular formula is C13H23N5OS. The number of nitrogens with one attached hydrogen (secondary N) is 2. The van der Waals surface area contributed by atoms with E-state index in [0.29, 0.717) is 24.3 Å². The zero-order valence-corrected chi connectivity index (χ0v) is 12.9. The van der Waals surface area contributed by atoms with Gasteiger partial charge >= 0.3 is 0 Å². The molecule has 1 fully saturated rings. The first-order valence-electron chi connectivity index (χ1n) is 6.96. The third kappa shape index (κ3) is 4.22. The van der Waals surface area contributed by atoms with E-state index in [9.17, 15) is 0 Å². The van der Waals surface area contributed by atoms with E-state index in [1.165, 1.54) is 25.0 Å². The normalized spacial score (nSPS) is 21.9. The van der Waals surface area contributed by atoms with E-state index in [2.05, 4.69) is 27.6 Å². The molecule has 2 unspecified atom stereocenters. The number of anilines is 2. The average molecular weight is 297 g/mol. The molecule has 1 heterocycles. The molecule has 0 saturated heterocycles. The smallest absolute Gasteiger partial charge is 0.158 e. The summed E-state index contributed by atoms with van der Waals surface area (Å²) in [6, 6.07) is 2.31. The predicted molar refractivity (Wildman–Crippen MR) is 83.7 cm³/mol. The summed E-state index contributed by atoms with van der Waals surface area (Å²) < 4.78 is 5.08. The zero-order valence-electron chi connectivity index (χ0n) is 12.1. The summed E-state index contributed by atoms with van der Waals surface area (Å²) in [5, 5.41) is 4.26. The fourth-order valence-electron chi connectivity index (χ4n) is 2.51. The SMILES string of the molecule is CCSC1CCC(Nc2cc(NN)nc(COC)n2)C1. The Morgan fingerprint density at radius 3 is 2.90 bits per heavy atom. The van der Waals surface area contributed by atoms with Crippen LogP contribution >= 0.6 is 11.8 Å². The lowest BCUT2D eigenvalue weighted by atomic mass is 10.2. The van der Waals surface area contributed by atoms with E-state index in [0.717, 1.165) is 11.1 Å². The standard InChI is InChI=1S/C13H23N5OS/c1-3-20-10-5-4-9(6-10)15-11-7-12(18-14)17-13(16-11)8-19-2/h7,9-10H,3-6,8,14H2,1-2H3,(H2,15,16,17,18). The lowest BCUT2D eigenvalue weighted by Crippen LogP contribution is -2.19. The Morgan fingerprint density at radius 1 is 1.40 bits per heavy atom. The molecule has 2 rings (SSSR count). The number of hydrogen-bond donors (Lipinski definition) is 3. The van der Waals surface area contributed by atoms with Gasteiger partial charge in [0.25, 0.3) is 0 Å². The van der Waals surface area contributed by atoms with Crippen LogP contribution in [0, 0.1) is 0 Å². The first-order valence-corrected chi connectivity index (χ1v) is 8.01. The van der Waals surface area contributed by atoms with E-state index in [-0.39, 0.29) is 0 Å². The van der Waals surface area contributed by atoms with Gasteiger partial charge in [-0.05, 0) is 25.0 Å². The number of rotatable bonds is 7. The molecule has 1 aliphatic carbocycles. The van der Waals surface area contributed by atoms with Crippen LogP contribution in [-0.2, 0) is 11.3 Å². The van der Waals surface area contributed by atoms with Gasteiger partial charge in [0.2, 0.25) is 0 Å². The van der Waals surface area contributed by atoms with Crippen LogP contribution < -0.4 is 16.6 Å². The molecule has 0 amide bonds. The molecule has 20 heavy (non-hydrogen) atoms. The van der Waals surface area contributed by atoms with E-state index in [1.54, 1.807) is 7.11 Å². The number of aromatic nitrogens is 2. The fourth-order valence-corrected chi connectivity index (χ4v) is 3.65. The number of ether oxygens (including phenoxy) is 1. The number of nitrogens with two attached hydrogens (primary N) is 1. The minimum atomic E-state index is 0.378. The molecule has 0 spiro atoms. The molecule has 7 heteroatoms. The van der Waals surface area contributed by atoms with Gasteiger partial charge in [0, 0.05) is 24.5 Å². The summed E-state index contributed by atoms with van der Waals surface area (Å²) in [5.41, 5.74) is 2.57. The molecule has 0 aromatic carbocycles. The highest BCUT2D eigenvalue weighted by Gasteiger charge is 2.24. The van der Waals surface area contributed by atoms with Crippen LogP contribution in [-0.4, -0.2) is 34.1 Å². The van der Waals surface area contributed by atoms with E-state index >= 15 is 0 Å². The largest absolute Gasteiger partial charge is 0.377 e. The van der Waals surface area contributed by atoms with Crippen molar-refractivity contribution in [1.82, 2.24) is 9.97 Å². The fraction of sp³-hybridized carbons (Fsp3) is 0.692. The maximum atomic E-state index is 5.44. The van der Waals surface area contributed by atoms with Crippen molar-refractivity contribution in [2.24, 2.45) is 5.84 Å². The van der Waals surface area contributed by atoms with Crippen molar-refractivity contribution < 1.29 is 4.74 Å². The summed E-state index contributed by atoms with van der Waals surface area (Å²) in [6.07, 6.45) is 3.65. The molecule has 1 aromatic heterocycles. The van der Waals surface area contributed by atoms with Gasteiger partial charge in [-0.3, -0.25) is 0 Å². The molecule has 1 saturated carbocycles. The predicted octanol–water partition coefficient (Wildman–Crippen LogP) is 1.99. The van der Waals surface area contributed by atoms with E-state index in [1.807, 2.05) is 17.8 Å². The Hall–Kier alpha value is -1.05. The van der Waals surface area contributed by atoms with Crippen LogP contribution in [0.2, 0.25) is 0 Å². The Kier molecular flexibility index (Phi) is 5.87. The van der Waals surface area contributed by atoms with Gasteiger partial charge in [0.15, 0.2) is 5.82 Å². The van der Waals surface area contributed by atoms with E-state index < -0.39 is 0 Å². The van der Waals surface area contributed by atoms with Crippen molar-refractivity contribution in [3.05, 3.63) is 11.9 Å². The van der Waals surface area contributed by atoms with Gasteiger partial charge in [-0.2, -0.15) is 11.8 Å². The van der Waals surface area contributed by atoms with Crippen molar-refractivity contribution in [2.75, 3.05) is 23.6 Å². The molecule has 0 radical (unpaired) electrons. The van der Waals surface area contributed by atoms with Gasteiger partial charge in [-0.25, -0.2) is 15.8 Å². The minimum Gasteiger partial charge on any atom is -0.377 e. The first kappa shape index (κ1) is 15.3. The Bertz CT molecular complexity index is 431. The number of nitrogen functional groups attached to an aromatic ring is 1. The highest BCUT2D eigenvalue weighted by molar-refractivity contribution is 7.99. The first-order chi connectivity index (χ1) is 9.75. The van der Waals surface area contributed by atoms with Crippen molar-refractivity contribution >= 4 is 23.4 Å². The number of nitrogens with zero attached hydrogens (tertiary/aromatic N) is 2. The van der Waals surface area contributed by atoms with E-state index in [4.69, 9.17) is 10.6 Å². The monoisotopic (exact) mass is 297 g/mol. The number of hydrogen-bond acceptors (Lipinski definition) is 7. The summed E-state index contributed by atoms with van der Waals surface area (Å²) in [5.74, 6) is 8.67. The number of thioether (sulfide) groups is 1. The topological polar surface area (TPSA) is 85.1 Å². The van der Waals surface area contributed by atoms with Crippen LogP contribution in [0.15, 0.2) is 6.07 Å². The summed E-state index contributed by atoms with van der Waals surface area (Å²) in [7, 11) is 1.63. The summed E-state index contributed by atoms with van der Waals surface area (Å²) in [4.78, 5) is 8.70. The molecule has 2 atom stereocenters. The summed E-state index contributed by atoms with van der Waals surface area (Å²) >= 11 is 2.05. The average Bonchev–Trinajstić information content (AvgIpc) is 2.86. The minimum absolute atomic E-state index is 0.378. The molecular weight excluding hydrogens is 274 g/mol. The number of hydrazine groups is 1. The van der Waals surface area contributed by atoms with Gasteiger partial charge in [-0.1, -0.05) is 6.92 Å². The lowest BCUT2D eigenvalue weighted by Gasteiger charge is -2.15. The highest BCUT2D eigenvalue weighted by Crippen LogP contribution is 2.31. The van der Waals surface area contributed by atoms with Crippen LogP contribution in [0.5, 0.6) is 0 Å². The quantitative estimate of drug-likeness (QED) is 0.524. The van der Waals surface area contributed by atoms with Crippen LogP contribution in [0.25, 0.3) is 0 Å². The lowest BCUT2D eigenvalue weighted by molar-refractivity contribution is 0.178. The van der Waals surface area contributed by atoms with Crippen LogP contribution in [0.4, 0.5) is 11.6 Å². The third-order valence-electron chi connectivity index (χ3n) is 3.33. The molecule has 1 aromatic rings. The van der Waals surface area contributed by atoms with Gasteiger partial charge < -0.3 is 15.5 Å². The number of methoxy groups -OCH3 is 1. The second kappa shape index (κ2) is 7.66.